The third kappa shape index (κ3) is 4.45. The summed E-state index contributed by atoms with van der Waals surface area (Å²) in [5.41, 5.74) is 8.28. The van der Waals surface area contributed by atoms with E-state index in [2.05, 4.69) is 10.1 Å². The molecule has 3 heterocycles. The maximum atomic E-state index is 15.5. The van der Waals surface area contributed by atoms with E-state index in [1.54, 1.807) is 36.4 Å². The van der Waals surface area contributed by atoms with E-state index < -0.39 is 29.9 Å². The molecule has 5 aromatic rings. The number of aromatic nitrogens is 3. The molecular formula is C29H24F2N6O3. The van der Waals surface area contributed by atoms with Gasteiger partial charge < -0.3 is 15.6 Å². The molecule has 0 saturated carbocycles. The molecule has 3 N–H and O–H groups in total. The predicted octanol–water partition coefficient (Wildman–Crippen LogP) is 4.14. The molecule has 3 amide bonds. The van der Waals surface area contributed by atoms with Gasteiger partial charge in [-0.05, 0) is 46.8 Å². The van der Waals surface area contributed by atoms with Crippen LogP contribution in [0.15, 0.2) is 79.0 Å². The first-order valence-corrected chi connectivity index (χ1v) is 12.7. The lowest BCUT2D eigenvalue weighted by Gasteiger charge is -2.25. The lowest BCUT2D eigenvalue weighted by atomic mass is 10.0. The van der Waals surface area contributed by atoms with Gasteiger partial charge in [-0.2, -0.15) is 5.10 Å². The van der Waals surface area contributed by atoms with Crippen LogP contribution < -0.4 is 10.9 Å². The molecule has 202 valence electrons. The van der Waals surface area contributed by atoms with E-state index in [1.165, 1.54) is 16.8 Å². The van der Waals surface area contributed by atoms with Crippen molar-refractivity contribution in [3.05, 3.63) is 84.7 Å². The number of nitrogens with zero attached hydrogens (tertiary/aromatic N) is 4. The van der Waals surface area contributed by atoms with Crippen molar-refractivity contribution in [2.24, 2.45) is 5.73 Å². The first-order chi connectivity index (χ1) is 19.3. The number of nitrogens with two attached hydrogens (primary N) is 1. The summed E-state index contributed by atoms with van der Waals surface area (Å²) in [6, 6.07) is 19.5. The second-order valence-corrected chi connectivity index (χ2v) is 9.73. The molecule has 1 aliphatic heterocycles. The standard InChI is InChI=1S/C29H24F2N6O3/c30-20-14-25(35(15-20)26(38)16-36-24-7-2-1-6-22(24)27(34-36)28(32)39)29(40)37(31)21-5-3-4-18(12-21)19-9-8-17-10-11-33-23(17)13-19/h1-13,20,25,33H,14-16H2,(H2,32,39)/t20-,25+/m1/s1. The number of hydrogen-bond donors (Lipinski definition) is 2. The number of primary amides is 1. The van der Waals surface area contributed by atoms with Crippen molar-refractivity contribution >= 4 is 45.2 Å². The van der Waals surface area contributed by atoms with Crippen molar-refractivity contribution in [2.45, 2.75) is 25.2 Å². The molecule has 40 heavy (non-hydrogen) atoms. The van der Waals surface area contributed by atoms with Crippen LogP contribution in [0.25, 0.3) is 32.9 Å². The molecule has 11 heteroatoms. The topological polar surface area (TPSA) is 117 Å². The summed E-state index contributed by atoms with van der Waals surface area (Å²) in [7, 11) is 0. The molecule has 1 saturated heterocycles. The third-order valence-corrected chi connectivity index (χ3v) is 7.19. The van der Waals surface area contributed by atoms with E-state index >= 15 is 4.48 Å². The zero-order valence-corrected chi connectivity index (χ0v) is 21.1. The number of likely N-dealkylation sites (tertiary alicyclic amines) is 1. The summed E-state index contributed by atoms with van der Waals surface area (Å²) in [5.74, 6) is -2.44. The second-order valence-electron chi connectivity index (χ2n) is 9.73. The quantitative estimate of drug-likeness (QED) is 0.314. The molecule has 3 aromatic carbocycles. The Hall–Kier alpha value is -5.06. The minimum atomic E-state index is -1.50. The predicted molar refractivity (Wildman–Crippen MR) is 146 cm³/mol. The van der Waals surface area contributed by atoms with E-state index in [0.717, 1.165) is 21.4 Å². The van der Waals surface area contributed by atoms with Gasteiger partial charge in [-0.1, -0.05) is 46.9 Å². The Morgan fingerprint density at radius 3 is 2.65 bits per heavy atom. The largest absolute Gasteiger partial charge is 0.364 e. The summed E-state index contributed by atoms with van der Waals surface area (Å²) in [5, 5.41) is 5.62. The molecule has 0 unspecified atom stereocenters. The number of alkyl halides is 1. The van der Waals surface area contributed by atoms with Crippen LogP contribution in [0.5, 0.6) is 0 Å². The first kappa shape index (κ1) is 25.2. The fourth-order valence-corrected chi connectivity index (χ4v) is 5.24. The number of para-hydroxylation sites is 1. The van der Waals surface area contributed by atoms with Gasteiger partial charge in [0.25, 0.3) is 11.8 Å². The van der Waals surface area contributed by atoms with Gasteiger partial charge in [0, 0.05) is 23.5 Å². The maximum absolute atomic E-state index is 15.5. The fraction of sp³-hybridized carbons (Fsp3) is 0.172. The van der Waals surface area contributed by atoms with E-state index in [1.807, 2.05) is 30.5 Å². The van der Waals surface area contributed by atoms with Crippen LogP contribution in [0.4, 0.5) is 14.6 Å². The van der Waals surface area contributed by atoms with Crippen molar-refractivity contribution in [3.8, 4) is 11.1 Å². The fourth-order valence-electron chi connectivity index (χ4n) is 5.24. The van der Waals surface area contributed by atoms with Crippen LogP contribution >= 0.6 is 0 Å². The zero-order chi connectivity index (χ0) is 28.0. The first-order valence-electron chi connectivity index (χ1n) is 12.7. The number of rotatable bonds is 6. The van der Waals surface area contributed by atoms with Gasteiger partial charge in [-0.25, -0.2) is 4.39 Å². The summed E-state index contributed by atoms with van der Waals surface area (Å²) >= 11 is 0. The van der Waals surface area contributed by atoms with Crippen molar-refractivity contribution < 1.29 is 23.3 Å². The normalized spacial score (nSPS) is 17.0. The molecular weight excluding hydrogens is 518 g/mol. The molecule has 0 bridgehead atoms. The number of anilines is 1. The molecule has 0 radical (unpaired) electrons. The molecule has 9 nitrogen and oxygen atoms in total. The number of nitrogens with one attached hydrogen (secondary N) is 1. The van der Waals surface area contributed by atoms with E-state index in [0.29, 0.717) is 16.5 Å². The lowest BCUT2D eigenvalue weighted by Crippen LogP contribution is -2.46. The SMILES string of the molecule is NC(=O)c1nn(CC(=O)N2C[C@H](F)C[C@H]2C(=O)N(F)c2cccc(-c3ccc4cc[nH]c4c3)c2)c2ccccc12. The van der Waals surface area contributed by atoms with Crippen LogP contribution in [-0.2, 0) is 16.1 Å². The highest BCUT2D eigenvalue weighted by molar-refractivity contribution is 6.04. The van der Waals surface area contributed by atoms with Gasteiger partial charge >= 0.3 is 0 Å². The Balaban J connectivity index is 1.24. The third-order valence-electron chi connectivity index (χ3n) is 7.19. The molecule has 2 aromatic heterocycles. The smallest absolute Gasteiger partial charge is 0.277 e. The Labute approximate surface area is 226 Å². The zero-order valence-electron chi connectivity index (χ0n) is 21.1. The number of halogens is 2. The molecule has 1 fully saturated rings. The van der Waals surface area contributed by atoms with Gasteiger partial charge in [0.05, 0.1) is 17.7 Å². The number of benzene rings is 3. The molecule has 1 aliphatic rings. The van der Waals surface area contributed by atoms with Crippen molar-refractivity contribution in [3.63, 3.8) is 0 Å². The Bertz CT molecular complexity index is 1780. The number of fused-ring (bicyclic) bond motifs is 2. The van der Waals surface area contributed by atoms with E-state index in [-0.39, 0.29) is 36.0 Å². The van der Waals surface area contributed by atoms with Gasteiger partial charge in [-0.3, -0.25) is 19.1 Å². The van der Waals surface area contributed by atoms with Crippen molar-refractivity contribution in [1.29, 1.82) is 0 Å². The van der Waals surface area contributed by atoms with Crippen LogP contribution in [-0.4, -0.2) is 56.1 Å². The summed E-state index contributed by atoms with van der Waals surface area (Å²) in [6.07, 6.45) is -0.00761. The number of amides is 3. The number of H-pyrrole nitrogens is 1. The average Bonchev–Trinajstić information content (AvgIpc) is 3.69. The van der Waals surface area contributed by atoms with Crippen molar-refractivity contribution in [1.82, 2.24) is 19.7 Å². The minimum absolute atomic E-state index is 0.00829. The molecule has 0 aliphatic carbocycles. The van der Waals surface area contributed by atoms with Crippen LogP contribution in [0.2, 0.25) is 0 Å². The Morgan fingerprint density at radius 1 is 1.02 bits per heavy atom. The number of aromatic amines is 1. The summed E-state index contributed by atoms with van der Waals surface area (Å²) in [4.78, 5) is 42.5. The number of carbonyl (C=O) groups excluding carboxylic acids is 3. The summed E-state index contributed by atoms with van der Waals surface area (Å²) in [6.45, 7) is -0.742. The van der Waals surface area contributed by atoms with Gasteiger partial charge in [0.1, 0.15) is 18.8 Å². The maximum Gasteiger partial charge on any atom is 0.277 e. The van der Waals surface area contributed by atoms with E-state index in [4.69, 9.17) is 5.73 Å². The number of hydrogen-bond acceptors (Lipinski definition) is 4. The van der Waals surface area contributed by atoms with Crippen LogP contribution in [0.3, 0.4) is 0 Å². The molecule has 2 atom stereocenters. The highest BCUT2D eigenvalue weighted by Crippen LogP contribution is 2.30. The lowest BCUT2D eigenvalue weighted by molar-refractivity contribution is -0.139. The van der Waals surface area contributed by atoms with Gasteiger partial charge in [-0.15, -0.1) is 5.12 Å². The molecule has 0 spiro atoms. The molecule has 6 rings (SSSR count). The van der Waals surface area contributed by atoms with Crippen LogP contribution in [0.1, 0.15) is 16.9 Å². The van der Waals surface area contributed by atoms with Crippen molar-refractivity contribution in [2.75, 3.05) is 11.7 Å². The van der Waals surface area contributed by atoms with Gasteiger partial charge in [0.15, 0.2) is 5.69 Å². The van der Waals surface area contributed by atoms with Gasteiger partial charge in [0.2, 0.25) is 5.91 Å². The van der Waals surface area contributed by atoms with Crippen LogP contribution in [0, 0.1) is 0 Å². The Kier molecular flexibility index (Phi) is 6.25. The Morgan fingerprint density at radius 2 is 1.82 bits per heavy atom. The number of carbonyl (C=O) groups is 3. The summed E-state index contributed by atoms with van der Waals surface area (Å²) < 4.78 is 31.3. The highest BCUT2D eigenvalue weighted by Gasteiger charge is 2.42. The average molecular weight is 543 g/mol. The second kappa shape index (κ2) is 9.92. The minimum Gasteiger partial charge on any atom is -0.364 e. The highest BCUT2D eigenvalue weighted by atomic mass is 19.2. The monoisotopic (exact) mass is 542 g/mol. The van der Waals surface area contributed by atoms with E-state index in [9.17, 15) is 18.8 Å².